The summed E-state index contributed by atoms with van der Waals surface area (Å²) in [5, 5.41) is 3.13. The molecule has 0 unspecified atom stereocenters. The summed E-state index contributed by atoms with van der Waals surface area (Å²) in [6.45, 7) is 2.27. The molecule has 1 atom stereocenters. The highest BCUT2D eigenvalue weighted by molar-refractivity contribution is 5.21. The zero-order valence-electron chi connectivity index (χ0n) is 10.5. The van der Waals surface area contributed by atoms with Gasteiger partial charge in [0.15, 0.2) is 11.6 Å². The molecule has 1 nitrogen and oxygen atoms in total. The van der Waals surface area contributed by atoms with Gasteiger partial charge in [0.25, 0.3) is 0 Å². The molecule has 2 aromatic rings. The van der Waals surface area contributed by atoms with Crippen LogP contribution in [0.3, 0.4) is 0 Å². The van der Waals surface area contributed by atoms with E-state index in [1.54, 1.807) is 6.07 Å². The van der Waals surface area contributed by atoms with Crippen molar-refractivity contribution in [3.05, 3.63) is 71.0 Å². The first-order valence-corrected chi connectivity index (χ1v) is 5.99. The van der Waals surface area contributed by atoms with Crippen LogP contribution in [0, 0.1) is 17.5 Å². The van der Waals surface area contributed by atoms with Gasteiger partial charge in [0.1, 0.15) is 5.82 Å². The van der Waals surface area contributed by atoms with Crippen LogP contribution >= 0.6 is 0 Å². The Hall–Kier alpha value is -1.81. The van der Waals surface area contributed by atoms with Gasteiger partial charge < -0.3 is 5.32 Å². The second kappa shape index (κ2) is 5.89. The Morgan fingerprint density at radius 3 is 2.47 bits per heavy atom. The molecule has 1 N–H and O–H groups in total. The molecule has 0 saturated heterocycles. The normalized spacial score (nSPS) is 12.4. The van der Waals surface area contributed by atoms with Gasteiger partial charge in [0, 0.05) is 12.6 Å². The molecule has 0 fully saturated rings. The van der Waals surface area contributed by atoms with Crippen molar-refractivity contribution in [3.8, 4) is 0 Å². The monoisotopic (exact) mass is 265 g/mol. The Bertz CT molecular complexity index is 569. The fraction of sp³-hybridized carbons (Fsp3) is 0.200. The molecular formula is C15H14F3N. The Morgan fingerprint density at radius 1 is 1.00 bits per heavy atom. The fourth-order valence-corrected chi connectivity index (χ4v) is 1.81. The molecule has 100 valence electrons. The zero-order valence-corrected chi connectivity index (χ0v) is 10.5. The lowest BCUT2D eigenvalue weighted by atomic mass is 10.1. The Labute approximate surface area is 110 Å². The standard InChI is InChI=1S/C15H14F3N/c1-10(12-3-2-4-13(16)8-12)19-9-11-5-6-14(17)15(18)7-11/h2-8,10,19H,9H2,1H3/t10-/m1/s1. The van der Waals surface area contributed by atoms with Gasteiger partial charge in [-0.1, -0.05) is 18.2 Å². The van der Waals surface area contributed by atoms with Crippen molar-refractivity contribution in [1.29, 1.82) is 0 Å². The Morgan fingerprint density at radius 2 is 1.79 bits per heavy atom. The Kier molecular flexibility index (Phi) is 4.22. The number of nitrogens with one attached hydrogen (secondary N) is 1. The number of hydrogen-bond acceptors (Lipinski definition) is 1. The second-order valence-corrected chi connectivity index (χ2v) is 4.41. The van der Waals surface area contributed by atoms with Gasteiger partial charge >= 0.3 is 0 Å². The smallest absolute Gasteiger partial charge is 0.159 e. The van der Waals surface area contributed by atoms with Crippen LogP contribution in [0.2, 0.25) is 0 Å². The van der Waals surface area contributed by atoms with Crippen molar-refractivity contribution in [3.63, 3.8) is 0 Å². The third-order valence-corrected chi connectivity index (χ3v) is 2.95. The van der Waals surface area contributed by atoms with E-state index in [-0.39, 0.29) is 11.9 Å². The van der Waals surface area contributed by atoms with E-state index < -0.39 is 11.6 Å². The first-order valence-electron chi connectivity index (χ1n) is 5.99. The lowest BCUT2D eigenvalue weighted by Crippen LogP contribution is -2.18. The summed E-state index contributed by atoms with van der Waals surface area (Å²) in [6, 6.07) is 9.97. The van der Waals surface area contributed by atoms with Crippen LogP contribution in [0.15, 0.2) is 42.5 Å². The van der Waals surface area contributed by atoms with Crippen molar-refractivity contribution >= 4 is 0 Å². The van der Waals surface area contributed by atoms with Crippen LogP contribution in [0.25, 0.3) is 0 Å². The third-order valence-electron chi connectivity index (χ3n) is 2.95. The van der Waals surface area contributed by atoms with Gasteiger partial charge in [0.05, 0.1) is 0 Å². The van der Waals surface area contributed by atoms with Gasteiger partial charge in [-0.05, 0) is 42.3 Å². The maximum Gasteiger partial charge on any atom is 0.159 e. The molecule has 0 amide bonds. The zero-order chi connectivity index (χ0) is 13.8. The molecule has 0 radical (unpaired) electrons. The Balaban J connectivity index is 2.00. The molecule has 0 aromatic heterocycles. The van der Waals surface area contributed by atoms with E-state index in [9.17, 15) is 13.2 Å². The summed E-state index contributed by atoms with van der Waals surface area (Å²) >= 11 is 0. The fourth-order valence-electron chi connectivity index (χ4n) is 1.81. The highest BCUT2D eigenvalue weighted by Crippen LogP contribution is 2.15. The van der Waals surface area contributed by atoms with E-state index in [2.05, 4.69) is 5.32 Å². The minimum absolute atomic E-state index is 0.0798. The number of benzene rings is 2. The van der Waals surface area contributed by atoms with Crippen LogP contribution in [0.4, 0.5) is 13.2 Å². The second-order valence-electron chi connectivity index (χ2n) is 4.41. The molecule has 2 rings (SSSR count). The maximum absolute atomic E-state index is 13.1. The minimum Gasteiger partial charge on any atom is -0.306 e. The predicted octanol–water partition coefficient (Wildman–Crippen LogP) is 3.95. The van der Waals surface area contributed by atoms with Crippen LogP contribution in [-0.4, -0.2) is 0 Å². The summed E-state index contributed by atoms with van der Waals surface area (Å²) in [4.78, 5) is 0. The summed E-state index contributed by atoms with van der Waals surface area (Å²) in [5.41, 5.74) is 1.45. The van der Waals surface area contributed by atoms with Crippen LogP contribution in [-0.2, 0) is 6.54 Å². The van der Waals surface area contributed by atoms with Crippen LogP contribution < -0.4 is 5.32 Å². The average Bonchev–Trinajstić information content (AvgIpc) is 2.40. The first-order chi connectivity index (χ1) is 9.06. The molecule has 0 bridgehead atoms. The SMILES string of the molecule is C[C@@H](NCc1ccc(F)c(F)c1)c1cccc(F)c1. The van der Waals surface area contributed by atoms with Crippen molar-refractivity contribution in [2.24, 2.45) is 0 Å². The van der Waals surface area contributed by atoms with E-state index >= 15 is 0 Å². The molecular weight excluding hydrogens is 251 g/mol. The van der Waals surface area contributed by atoms with Crippen molar-refractivity contribution in [1.82, 2.24) is 5.32 Å². The van der Waals surface area contributed by atoms with E-state index in [1.807, 2.05) is 13.0 Å². The van der Waals surface area contributed by atoms with Gasteiger partial charge in [-0.15, -0.1) is 0 Å². The molecule has 4 heteroatoms. The highest BCUT2D eigenvalue weighted by Gasteiger charge is 2.07. The molecule has 0 aliphatic rings. The van der Waals surface area contributed by atoms with E-state index in [0.29, 0.717) is 12.1 Å². The van der Waals surface area contributed by atoms with Crippen molar-refractivity contribution < 1.29 is 13.2 Å². The third kappa shape index (κ3) is 3.58. The molecule has 2 aromatic carbocycles. The van der Waals surface area contributed by atoms with Crippen molar-refractivity contribution in [2.45, 2.75) is 19.5 Å². The summed E-state index contributed by atoms with van der Waals surface area (Å²) in [7, 11) is 0. The predicted molar refractivity (Wildman–Crippen MR) is 68.0 cm³/mol. The maximum atomic E-state index is 13.1. The quantitative estimate of drug-likeness (QED) is 0.882. The van der Waals surface area contributed by atoms with Gasteiger partial charge in [-0.3, -0.25) is 0 Å². The molecule has 0 aliphatic heterocycles. The van der Waals surface area contributed by atoms with Gasteiger partial charge in [0.2, 0.25) is 0 Å². The average molecular weight is 265 g/mol. The molecule has 0 aliphatic carbocycles. The number of halogens is 3. The molecule has 19 heavy (non-hydrogen) atoms. The van der Waals surface area contributed by atoms with Gasteiger partial charge in [-0.2, -0.15) is 0 Å². The molecule has 0 saturated carbocycles. The highest BCUT2D eigenvalue weighted by atomic mass is 19.2. The topological polar surface area (TPSA) is 12.0 Å². The summed E-state index contributed by atoms with van der Waals surface area (Å²) in [5.74, 6) is -2.02. The molecule has 0 heterocycles. The van der Waals surface area contributed by atoms with E-state index in [4.69, 9.17) is 0 Å². The minimum atomic E-state index is -0.863. The van der Waals surface area contributed by atoms with Crippen molar-refractivity contribution in [2.75, 3.05) is 0 Å². The van der Waals surface area contributed by atoms with Crippen LogP contribution in [0.1, 0.15) is 24.1 Å². The summed E-state index contributed by atoms with van der Waals surface area (Å²) in [6.07, 6.45) is 0. The van der Waals surface area contributed by atoms with E-state index in [0.717, 1.165) is 17.7 Å². The largest absolute Gasteiger partial charge is 0.306 e. The van der Waals surface area contributed by atoms with Gasteiger partial charge in [-0.25, -0.2) is 13.2 Å². The lowest BCUT2D eigenvalue weighted by molar-refractivity contribution is 0.503. The molecule has 0 spiro atoms. The summed E-state index contributed by atoms with van der Waals surface area (Å²) < 4.78 is 38.9. The number of hydrogen-bond donors (Lipinski definition) is 1. The van der Waals surface area contributed by atoms with E-state index in [1.165, 1.54) is 18.2 Å². The lowest BCUT2D eigenvalue weighted by Gasteiger charge is -2.14. The first kappa shape index (κ1) is 13.6. The van der Waals surface area contributed by atoms with Crippen LogP contribution in [0.5, 0.6) is 0 Å². The number of rotatable bonds is 4.